The molecule has 25 heavy (non-hydrogen) atoms. The van der Waals surface area contributed by atoms with Crippen LogP contribution in [0.4, 0.5) is 4.79 Å². The lowest BCUT2D eigenvalue weighted by molar-refractivity contribution is -0.139. The second kappa shape index (κ2) is 10.2. The van der Waals surface area contributed by atoms with Gasteiger partial charge in [-0.25, -0.2) is 4.79 Å². The molecule has 9 heteroatoms. The largest absolute Gasteiger partial charge is 0.453 e. The molecule has 0 saturated carbocycles. The van der Waals surface area contributed by atoms with Crippen molar-refractivity contribution in [1.82, 2.24) is 20.4 Å². The van der Waals surface area contributed by atoms with Crippen molar-refractivity contribution in [3.05, 3.63) is 0 Å². The summed E-state index contributed by atoms with van der Waals surface area (Å²) in [6, 6.07) is 0. The van der Waals surface area contributed by atoms with Crippen molar-refractivity contribution < 1.29 is 23.9 Å². The highest BCUT2D eigenvalue weighted by Gasteiger charge is 2.24. The molecular weight excluding hydrogens is 328 g/mol. The van der Waals surface area contributed by atoms with Gasteiger partial charge >= 0.3 is 17.9 Å². The Morgan fingerprint density at radius 2 is 1.68 bits per heavy atom. The van der Waals surface area contributed by atoms with Crippen molar-refractivity contribution in [2.45, 2.75) is 12.8 Å². The fourth-order valence-electron chi connectivity index (χ4n) is 3.00. The number of methoxy groups -OCH3 is 1. The molecule has 9 nitrogen and oxygen atoms in total. The van der Waals surface area contributed by atoms with Crippen molar-refractivity contribution in [2.75, 3.05) is 66.1 Å². The molecule has 2 heterocycles. The Hall–Kier alpha value is -1.87. The molecule has 0 aromatic rings. The molecule has 3 amide bonds. The summed E-state index contributed by atoms with van der Waals surface area (Å²) in [5.41, 5.74) is 0. The lowest BCUT2D eigenvalue weighted by atomic mass is 9.97. The Bertz CT molecular complexity index is 459. The molecule has 2 saturated heterocycles. The molecule has 2 rings (SSSR count). The Morgan fingerprint density at radius 1 is 1.04 bits per heavy atom. The molecular formula is C16H28N4O5. The first-order valence-electron chi connectivity index (χ1n) is 8.79. The van der Waals surface area contributed by atoms with Crippen molar-refractivity contribution in [3.63, 3.8) is 0 Å². The summed E-state index contributed by atoms with van der Waals surface area (Å²) in [6.45, 7) is 5.96. The van der Waals surface area contributed by atoms with Crippen LogP contribution < -0.4 is 10.6 Å². The van der Waals surface area contributed by atoms with Gasteiger partial charge in [0.2, 0.25) is 0 Å². The minimum atomic E-state index is -0.600. The predicted octanol–water partition coefficient (Wildman–Crippen LogP) is -0.971. The van der Waals surface area contributed by atoms with E-state index in [0.717, 1.165) is 25.9 Å². The molecule has 0 aromatic heterocycles. The Balaban J connectivity index is 1.56. The predicted molar refractivity (Wildman–Crippen MR) is 90.0 cm³/mol. The van der Waals surface area contributed by atoms with Crippen LogP contribution in [-0.2, 0) is 19.1 Å². The van der Waals surface area contributed by atoms with Gasteiger partial charge in [0.15, 0.2) is 0 Å². The van der Waals surface area contributed by atoms with Crippen LogP contribution in [0.3, 0.4) is 0 Å². The fourth-order valence-corrected chi connectivity index (χ4v) is 3.00. The van der Waals surface area contributed by atoms with Gasteiger partial charge < -0.3 is 25.0 Å². The number of nitrogens with one attached hydrogen (secondary N) is 2. The number of carbonyl (C=O) groups excluding carboxylic acids is 3. The maximum absolute atomic E-state index is 11.8. The van der Waals surface area contributed by atoms with Crippen LogP contribution in [0, 0.1) is 5.92 Å². The SMILES string of the molecule is COC(=O)N1CCC(CNC(=O)C(=O)NCCN2CCOCC2)CC1. The average molecular weight is 356 g/mol. The van der Waals surface area contributed by atoms with Gasteiger partial charge in [0.1, 0.15) is 0 Å². The van der Waals surface area contributed by atoms with Gasteiger partial charge in [0.05, 0.1) is 20.3 Å². The summed E-state index contributed by atoms with van der Waals surface area (Å²) < 4.78 is 9.95. The van der Waals surface area contributed by atoms with Gasteiger partial charge in [-0.15, -0.1) is 0 Å². The van der Waals surface area contributed by atoms with Crippen LogP contribution >= 0.6 is 0 Å². The number of likely N-dealkylation sites (tertiary alicyclic amines) is 1. The zero-order valence-electron chi connectivity index (χ0n) is 14.8. The second-order valence-corrected chi connectivity index (χ2v) is 6.32. The molecule has 2 aliphatic rings. The summed E-state index contributed by atoms with van der Waals surface area (Å²) in [4.78, 5) is 38.9. The number of hydrogen-bond donors (Lipinski definition) is 2. The highest BCUT2D eigenvalue weighted by molar-refractivity contribution is 6.35. The van der Waals surface area contributed by atoms with Gasteiger partial charge in [-0.1, -0.05) is 0 Å². The lowest BCUT2D eigenvalue weighted by Crippen LogP contribution is -2.46. The molecule has 0 radical (unpaired) electrons. The number of rotatable bonds is 5. The van der Waals surface area contributed by atoms with E-state index >= 15 is 0 Å². The van der Waals surface area contributed by atoms with Gasteiger partial charge in [-0.2, -0.15) is 0 Å². The minimum Gasteiger partial charge on any atom is -0.453 e. The number of piperidine rings is 1. The maximum atomic E-state index is 11.8. The number of carbonyl (C=O) groups is 3. The fraction of sp³-hybridized carbons (Fsp3) is 0.812. The summed E-state index contributed by atoms with van der Waals surface area (Å²) >= 11 is 0. The normalized spacial score (nSPS) is 19.3. The highest BCUT2D eigenvalue weighted by atomic mass is 16.5. The number of amides is 3. The molecule has 2 aliphatic heterocycles. The first kappa shape index (κ1) is 19.5. The molecule has 0 aliphatic carbocycles. The number of morpholine rings is 1. The Kier molecular flexibility index (Phi) is 7.93. The lowest BCUT2D eigenvalue weighted by Gasteiger charge is -2.30. The zero-order chi connectivity index (χ0) is 18.1. The van der Waals surface area contributed by atoms with E-state index in [2.05, 4.69) is 20.3 Å². The van der Waals surface area contributed by atoms with E-state index in [0.29, 0.717) is 45.9 Å². The third-order valence-corrected chi connectivity index (χ3v) is 4.62. The first-order chi connectivity index (χ1) is 12.1. The van der Waals surface area contributed by atoms with E-state index in [-0.39, 0.29) is 12.0 Å². The van der Waals surface area contributed by atoms with E-state index in [9.17, 15) is 14.4 Å². The third-order valence-electron chi connectivity index (χ3n) is 4.62. The van der Waals surface area contributed by atoms with Crippen LogP contribution in [0.5, 0.6) is 0 Å². The van der Waals surface area contributed by atoms with Crippen LogP contribution in [0.15, 0.2) is 0 Å². The molecule has 0 atom stereocenters. The van der Waals surface area contributed by atoms with E-state index < -0.39 is 11.8 Å². The monoisotopic (exact) mass is 356 g/mol. The van der Waals surface area contributed by atoms with E-state index in [1.54, 1.807) is 4.90 Å². The number of ether oxygens (including phenoxy) is 2. The summed E-state index contributed by atoms with van der Waals surface area (Å²) in [5.74, 6) is -0.927. The van der Waals surface area contributed by atoms with Crippen molar-refractivity contribution >= 4 is 17.9 Å². The number of nitrogens with zero attached hydrogens (tertiary/aromatic N) is 2. The zero-order valence-corrected chi connectivity index (χ0v) is 14.8. The van der Waals surface area contributed by atoms with E-state index in [4.69, 9.17) is 4.74 Å². The summed E-state index contributed by atoms with van der Waals surface area (Å²) in [7, 11) is 1.37. The van der Waals surface area contributed by atoms with E-state index in [1.165, 1.54) is 7.11 Å². The van der Waals surface area contributed by atoms with Crippen LogP contribution in [-0.4, -0.2) is 93.8 Å². The van der Waals surface area contributed by atoms with Crippen molar-refractivity contribution in [1.29, 1.82) is 0 Å². The Morgan fingerprint density at radius 3 is 2.32 bits per heavy atom. The van der Waals surface area contributed by atoms with Crippen LogP contribution in [0.2, 0.25) is 0 Å². The first-order valence-corrected chi connectivity index (χ1v) is 8.79. The third kappa shape index (κ3) is 6.50. The quantitative estimate of drug-likeness (QED) is 0.615. The van der Waals surface area contributed by atoms with Gasteiger partial charge in [-0.05, 0) is 18.8 Å². The summed E-state index contributed by atoms with van der Waals surface area (Å²) in [5, 5.41) is 5.32. The Labute approximate surface area is 148 Å². The molecule has 0 spiro atoms. The van der Waals surface area contributed by atoms with Gasteiger partial charge in [0, 0.05) is 45.8 Å². The van der Waals surface area contributed by atoms with Crippen LogP contribution in [0.1, 0.15) is 12.8 Å². The molecule has 0 aromatic carbocycles. The van der Waals surface area contributed by atoms with Gasteiger partial charge in [-0.3, -0.25) is 14.5 Å². The minimum absolute atomic E-state index is 0.269. The topological polar surface area (TPSA) is 100 Å². The van der Waals surface area contributed by atoms with Crippen LogP contribution in [0.25, 0.3) is 0 Å². The molecule has 0 unspecified atom stereocenters. The van der Waals surface area contributed by atoms with E-state index in [1.807, 2.05) is 0 Å². The second-order valence-electron chi connectivity index (χ2n) is 6.32. The number of hydrogen-bond acceptors (Lipinski definition) is 6. The highest BCUT2D eigenvalue weighted by Crippen LogP contribution is 2.16. The van der Waals surface area contributed by atoms with Crippen molar-refractivity contribution in [2.24, 2.45) is 5.92 Å². The summed E-state index contributed by atoms with van der Waals surface area (Å²) in [6.07, 6.45) is 1.25. The molecule has 2 fully saturated rings. The molecule has 142 valence electrons. The molecule has 0 bridgehead atoms. The smallest absolute Gasteiger partial charge is 0.409 e. The average Bonchev–Trinajstić information content (AvgIpc) is 2.66. The molecule has 2 N–H and O–H groups in total. The van der Waals surface area contributed by atoms with Gasteiger partial charge in [0.25, 0.3) is 0 Å². The van der Waals surface area contributed by atoms with Crippen molar-refractivity contribution in [3.8, 4) is 0 Å². The standard InChI is InChI=1S/C16H28N4O5/c1-24-16(23)20-5-2-13(3-6-20)12-18-15(22)14(21)17-4-7-19-8-10-25-11-9-19/h13H,2-12H2,1H3,(H,17,21)(H,18,22). The maximum Gasteiger partial charge on any atom is 0.409 e.